The molecule has 1 atom stereocenters. The second kappa shape index (κ2) is 3.98. The van der Waals surface area contributed by atoms with Gasteiger partial charge in [-0.25, -0.2) is 0 Å². The molecule has 0 bridgehead atoms. The average molecular weight is 192 g/mol. The highest BCUT2D eigenvalue weighted by Gasteiger charge is 2.11. The number of fused-ring (bicyclic) bond motifs is 1. The van der Waals surface area contributed by atoms with Crippen LogP contribution >= 0.6 is 0 Å². The van der Waals surface area contributed by atoms with Gasteiger partial charge in [0.1, 0.15) is 0 Å². The highest BCUT2D eigenvalue weighted by Crippen LogP contribution is 2.24. The van der Waals surface area contributed by atoms with Crippen LogP contribution in [0.2, 0.25) is 0 Å². The van der Waals surface area contributed by atoms with Crippen LogP contribution < -0.4 is 11.1 Å². The SMILES string of the molecule is N[C@@H](CO)c1ccc2c(c1)CCCN2. The lowest BCUT2D eigenvalue weighted by molar-refractivity contribution is 0.268. The molecular weight excluding hydrogens is 176 g/mol. The third-order valence-corrected chi connectivity index (χ3v) is 2.69. The summed E-state index contributed by atoms with van der Waals surface area (Å²) < 4.78 is 0. The Morgan fingerprint density at radius 3 is 3.14 bits per heavy atom. The maximum absolute atomic E-state index is 8.95. The molecule has 0 radical (unpaired) electrons. The Morgan fingerprint density at radius 1 is 1.50 bits per heavy atom. The lowest BCUT2D eigenvalue weighted by Gasteiger charge is -2.19. The molecule has 0 saturated heterocycles. The molecule has 1 aromatic rings. The summed E-state index contributed by atoms with van der Waals surface area (Å²) in [5.74, 6) is 0. The largest absolute Gasteiger partial charge is 0.394 e. The van der Waals surface area contributed by atoms with Crippen molar-refractivity contribution in [2.45, 2.75) is 18.9 Å². The Bertz CT molecular complexity index is 325. The first-order chi connectivity index (χ1) is 6.81. The molecule has 0 saturated carbocycles. The van der Waals surface area contributed by atoms with E-state index in [1.165, 1.54) is 17.7 Å². The first kappa shape index (κ1) is 9.49. The Hall–Kier alpha value is -1.06. The van der Waals surface area contributed by atoms with Crippen LogP contribution in [0.1, 0.15) is 23.6 Å². The summed E-state index contributed by atoms with van der Waals surface area (Å²) in [6, 6.07) is 5.89. The van der Waals surface area contributed by atoms with E-state index < -0.39 is 0 Å². The van der Waals surface area contributed by atoms with Gasteiger partial charge in [0.15, 0.2) is 0 Å². The van der Waals surface area contributed by atoms with E-state index >= 15 is 0 Å². The van der Waals surface area contributed by atoms with Gasteiger partial charge in [-0.1, -0.05) is 12.1 Å². The predicted octanol–water partition coefficient (Wildman–Crippen LogP) is 1.04. The Balaban J connectivity index is 2.29. The molecular formula is C11H16N2O. The number of nitrogens with two attached hydrogens (primary N) is 1. The topological polar surface area (TPSA) is 58.3 Å². The molecule has 76 valence electrons. The van der Waals surface area contributed by atoms with Crippen molar-refractivity contribution < 1.29 is 5.11 Å². The Morgan fingerprint density at radius 2 is 2.36 bits per heavy atom. The second-order valence-electron chi connectivity index (χ2n) is 3.74. The molecule has 0 fully saturated rings. The van der Waals surface area contributed by atoms with E-state index in [0.29, 0.717) is 0 Å². The molecule has 3 nitrogen and oxygen atoms in total. The van der Waals surface area contributed by atoms with E-state index in [0.717, 1.165) is 18.5 Å². The van der Waals surface area contributed by atoms with Crippen molar-refractivity contribution in [1.29, 1.82) is 0 Å². The van der Waals surface area contributed by atoms with E-state index in [9.17, 15) is 0 Å². The van der Waals surface area contributed by atoms with Gasteiger partial charge in [-0.05, 0) is 30.0 Å². The zero-order chi connectivity index (χ0) is 9.97. The maximum atomic E-state index is 8.95. The van der Waals surface area contributed by atoms with Crippen LogP contribution in [0, 0.1) is 0 Å². The molecule has 14 heavy (non-hydrogen) atoms. The number of hydrogen-bond acceptors (Lipinski definition) is 3. The molecule has 0 spiro atoms. The molecule has 1 heterocycles. The molecule has 0 aromatic heterocycles. The van der Waals surface area contributed by atoms with E-state index in [-0.39, 0.29) is 12.6 Å². The fraction of sp³-hybridized carbons (Fsp3) is 0.455. The van der Waals surface area contributed by atoms with E-state index in [2.05, 4.69) is 17.4 Å². The quantitative estimate of drug-likeness (QED) is 0.656. The monoisotopic (exact) mass is 192 g/mol. The number of hydrogen-bond donors (Lipinski definition) is 3. The van der Waals surface area contributed by atoms with Gasteiger partial charge in [0, 0.05) is 12.2 Å². The summed E-state index contributed by atoms with van der Waals surface area (Å²) in [7, 11) is 0. The van der Waals surface area contributed by atoms with Crippen molar-refractivity contribution >= 4 is 5.69 Å². The molecule has 4 N–H and O–H groups in total. The third kappa shape index (κ3) is 1.74. The minimum atomic E-state index is -0.248. The van der Waals surface area contributed by atoms with Crippen LogP contribution in [0.3, 0.4) is 0 Å². The van der Waals surface area contributed by atoms with Gasteiger partial charge in [0.25, 0.3) is 0 Å². The summed E-state index contributed by atoms with van der Waals surface area (Å²) in [4.78, 5) is 0. The van der Waals surface area contributed by atoms with Gasteiger partial charge in [-0.15, -0.1) is 0 Å². The van der Waals surface area contributed by atoms with Crippen LogP contribution in [0.5, 0.6) is 0 Å². The normalized spacial score (nSPS) is 17.0. The van der Waals surface area contributed by atoms with Crippen molar-refractivity contribution in [2.75, 3.05) is 18.5 Å². The van der Waals surface area contributed by atoms with Crippen LogP contribution in [-0.2, 0) is 6.42 Å². The molecule has 1 aliphatic rings. The first-order valence-electron chi connectivity index (χ1n) is 5.04. The number of benzene rings is 1. The fourth-order valence-electron chi connectivity index (χ4n) is 1.83. The van der Waals surface area contributed by atoms with Crippen molar-refractivity contribution in [1.82, 2.24) is 0 Å². The van der Waals surface area contributed by atoms with Gasteiger partial charge < -0.3 is 16.2 Å². The fourth-order valence-corrected chi connectivity index (χ4v) is 1.83. The second-order valence-corrected chi connectivity index (χ2v) is 3.74. The highest BCUT2D eigenvalue weighted by atomic mass is 16.3. The number of aliphatic hydroxyl groups is 1. The standard InChI is InChI=1S/C11H16N2O/c12-10(7-14)8-3-4-11-9(6-8)2-1-5-13-11/h3-4,6,10,13-14H,1-2,5,7,12H2/t10-/m0/s1. The summed E-state index contributed by atoms with van der Waals surface area (Å²) in [6.45, 7) is 1.06. The molecule has 2 rings (SSSR count). The summed E-state index contributed by atoms with van der Waals surface area (Å²) in [5, 5.41) is 12.3. The molecule has 0 unspecified atom stereocenters. The zero-order valence-electron chi connectivity index (χ0n) is 8.16. The third-order valence-electron chi connectivity index (χ3n) is 2.69. The van der Waals surface area contributed by atoms with Gasteiger partial charge in [-0.3, -0.25) is 0 Å². The van der Waals surface area contributed by atoms with Crippen LogP contribution in [0.15, 0.2) is 18.2 Å². The number of nitrogens with one attached hydrogen (secondary N) is 1. The summed E-state index contributed by atoms with van der Waals surface area (Å²) in [5.41, 5.74) is 9.31. The predicted molar refractivity (Wildman–Crippen MR) is 57.3 cm³/mol. The number of rotatable bonds is 2. The molecule has 3 heteroatoms. The minimum Gasteiger partial charge on any atom is -0.394 e. The molecule has 0 aliphatic carbocycles. The van der Waals surface area contributed by atoms with Crippen molar-refractivity contribution in [3.05, 3.63) is 29.3 Å². The highest BCUT2D eigenvalue weighted by molar-refractivity contribution is 5.54. The lowest BCUT2D eigenvalue weighted by atomic mass is 9.98. The summed E-state index contributed by atoms with van der Waals surface area (Å²) in [6.07, 6.45) is 2.28. The van der Waals surface area contributed by atoms with Gasteiger partial charge in [0.2, 0.25) is 0 Å². The average Bonchev–Trinajstić information content (AvgIpc) is 2.27. The van der Waals surface area contributed by atoms with Crippen LogP contribution in [0.4, 0.5) is 5.69 Å². The zero-order valence-corrected chi connectivity index (χ0v) is 8.16. The smallest absolute Gasteiger partial charge is 0.0624 e. The van der Waals surface area contributed by atoms with Crippen molar-refractivity contribution in [3.8, 4) is 0 Å². The van der Waals surface area contributed by atoms with Crippen LogP contribution in [-0.4, -0.2) is 18.3 Å². The van der Waals surface area contributed by atoms with E-state index in [4.69, 9.17) is 10.8 Å². The minimum absolute atomic E-state index is 0.00617. The Kier molecular flexibility index (Phi) is 2.70. The van der Waals surface area contributed by atoms with E-state index in [1.807, 2.05) is 6.07 Å². The summed E-state index contributed by atoms with van der Waals surface area (Å²) >= 11 is 0. The molecule has 1 aromatic carbocycles. The van der Waals surface area contributed by atoms with Crippen molar-refractivity contribution in [3.63, 3.8) is 0 Å². The molecule has 0 amide bonds. The van der Waals surface area contributed by atoms with Crippen molar-refractivity contribution in [2.24, 2.45) is 5.73 Å². The Labute approximate surface area is 83.9 Å². The lowest BCUT2D eigenvalue weighted by Crippen LogP contribution is -2.17. The van der Waals surface area contributed by atoms with Gasteiger partial charge >= 0.3 is 0 Å². The van der Waals surface area contributed by atoms with E-state index in [1.54, 1.807) is 0 Å². The van der Waals surface area contributed by atoms with Crippen LogP contribution in [0.25, 0.3) is 0 Å². The molecule has 1 aliphatic heterocycles. The maximum Gasteiger partial charge on any atom is 0.0624 e. The van der Waals surface area contributed by atoms with Gasteiger partial charge in [-0.2, -0.15) is 0 Å². The number of aliphatic hydroxyl groups excluding tert-OH is 1. The van der Waals surface area contributed by atoms with Gasteiger partial charge in [0.05, 0.1) is 12.6 Å². The number of anilines is 1. The first-order valence-corrected chi connectivity index (χ1v) is 5.04. The number of aryl methyl sites for hydroxylation is 1.